The van der Waals surface area contributed by atoms with Gasteiger partial charge in [-0.15, -0.1) is 5.10 Å². The number of aromatic nitrogens is 4. The van der Waals surface area contributed by atoms with Crippen LogP contribution in [0.15, 0.2) is 36.7 Å². The molecular formula is C17H24N6O. The summed E-state index contributed by atoms with van der Waals surface area (Å²) in [6.07, 6.45) is 4.41. The fourth-order valence-electron chi connectivity index (χ4n) is 3.33. The van der Waals surface area contributed by atoms with E-state index >= 15 is 0 Å². The number of benzene rings is 1. The Labute approximate surface area is 142 Å². The molecule has 1 saturated heterocycles. The van der Waals surface area contributed by atoms with E-state index in [9.17, 15) is 4.79 Å². The number of nitrogens with one attached hydrogen (secondary N) is 1. The number of hydrogen-bond acceptors (Lipinski definition) is 5. The highest BCUT2D eigenvalue weighted by atomic mass is 16.2. The third kappa shape index (κ3) is 3.97. The van der Waals surface area contributed by atoms with Crippen LogP contribution in [-0.4, -0.2) is 56.7 Å². The first-order chi connectivity index (χ1) is 11.8. The number of nitrogens with zero attached hydrogens (tertiary/aromatic N) is 5. The SMILES string of the molecule is CCN1CCC[C@H]1CNC(=O)[C@H](Cc1ccccc1)n1cnnn1. The highest BCUT2D eigenvalue weighted by Crippen LogP contribution is 2.17. The van der Waals surface area contributed by atoms with Gasteiger partial charge in [-0.3, -0.25) is 9.69 Å². The Kier molecular flexibility index (Phi) is 5.53. The van der Waals surface area contributed by atoms with Gasteiger partial charge in [-0.05, 0) is 41.9 Å². The summed E-state index contributed by atoms with van der Waals surface area (Å²) >= 11 is 0. The van der Waals surface area contributed by atoms with Gasteiger partial charge in [0.1, 0.15) is 12.4 Å². The molecule has 7 nitrogen and oxygen atoms in total. The molecule has 128 valence electrons. The summed E-state index contributed by atoms with van der Waals surface area (Å²) in [6.45, 7) is 5.00. The molecule has 7 heteroatoms. The van der Waals surface area contributed by atoms with Gasteiger partial charge in [-0.1, -0.05) is 37.3 Å². The number of carbonyl (C=O) groups excluding carboxylic acids is 1. The number of tetrazole rings is 1. The van der Waals surface area contributed by atoms with E-state index in [0.29, 0.717) is 19.0 Å². The van der Waals surface area contributed by atoms with Gasteiger partial charge < -0.3 is 5.32 Å². The number of likely N-dealkylation sites (N-methyl/N-ethyl adjacent to an activating group) is 1. The van der Waals surface area contributed by atoms with E-state index in [4.69, 9.17) is 0 Å². The summed E-state index contributed by atoms with van der Waals surface area (Å²) in [4.78, 5) is 15.2. The third-order valence-electron chi connectivity index (χ3n) is 4.68. The maximum absolute atomic E-state index is 12.8. The number of rotatable bonds is 7. The number of hydrogen-bond donors (Lipinski definition) is 1. The Morgan fingerprint density at radius 1 is 1.38 bits per heavy atom. The van der Waals surface area contributed by atoms with Gasteiger partial charge in [0.05, 0.1) is 0 Å². The molecule has 1 aromatic carbocycles. The highest BCUT2D eigenvalue weighted by molar-refractivity contribution is 5.80. The first-order valence-electron chi connectivity index (χ1n) is 8.56. The maximum atomic E-state index is 12.8. The fourth-order valence-corrected chi connectivity index (χ4v) is 3.33. The summed E-state index contributed by atoms with van der Waals surface area (Å²) in [7, 11) is 0. The van der Waals surface area contributed by atoms with Crippen molar-refractivity contribution in [2.45, 2.75) is 38.3 Å². The van der Waals surface area contributed by atoms with Crippen LogP contribution in [0.4, 0.5) is 0 Å². The zero-order chi connectivity index (χ0) is 16.8. The van der Waals surface area contributed by atoms with E-state index in [1.807, 2.05) is 30.3 Å². The minimum Gasteiger partial charge on any atom is -0.353 e. The molecule has 1 N–H and O–H groups in total. The lowest BCUT2D eigenvalue weighted by molar-refractivity contribution is -0.124. The Hall–Kier alpha value is -2.28. The van der Waals surface area contributed by atoms with Crippen molar-refractivity contribution in [3.05, 3.63) is 42.2 Å². The molecule has 0 radical (unpaired) electrons. The molecule has 2 aromatic rings. The van der Waals surface area contributed by atoms with Gasteiger partial charge >= 0.3 is 0 Å². The second-order valence-electron chi connectivity index (χ2n) is 6.17. The quantitative estimate of drug-likeness (QED) is 0.822. The summed E-state index contributed by atoms with van der Waals surface area (Å²) in [5.74, 6) is -0.0332. The first kappa shape index (κ1) is 16.6. The second-order valence-corrected chi connectivity index (χ2v) is 6.17. The van der Waals surface area contributed by atoms with Crippen molar-refractivity contribution in [3.63, 3.8) is 0 Å². The average molecular weight is 328 g/mol. The zero-order valence-corrected chi connectivity index (χ0v) is 14.0. The molecule has 2 atom stereocenters. The number of likely N-dealkylation sites (tertiary alicyclic amines) is 1. The highest BCUT2D eigenvalue weighted by Gasteiger charge is 2.26. The predicted octanol–water partition coefficient (Wildman–Crippen LogP) is 1.06. The topological polar surface area (TPSA) is 75.9 Å². The lowest BCUT2D eigenvalue weighted by Crippen LogP contribution is -2.43. The van der Waals surface area contributed by atoms with Crippen molar-refractivity contribution in [3.8, 4) is 0 Å². The van der Waals surface area contributed by atoms with Crippen molar-refractivity contribution < 1.29 is 4.79 Å². The average Bonchev–Trinajstić information content (AvgIpc) is 3.29. The molecule has 2 heterocycles. The molecule has 1 aliphatic rings. The lowest BCUT2D eigenvalue weighted by atomic mass is 10.1. The predicted molar refractivity (Wildman–Crippen MR) is 90.3 cm³/mol. The summed E-state index contributed by atoms with van der Waals surface area (Å²) in [6, 6.07) is 9.95. The minimum absolute atomic E-state index is 0.0332. The fraction of sp³-hybridized carbons (Fsp3) is 0.529. The van der Waals surface area contributed by atoms with E-state index < -0.39 is 6.04 Å². The Morgan fingerprint density at radius 2 is 2.21 bits per heavy atom. The molecule has 0 saturated carbocycles. The van der Waals surface area contributed by atoms with Gasteiger partial charge in [-0.2, -0.15) is 0 Å². The molecule has 0 spiro atoms. The lowest BCUT2D eigenvalue weighted by Gasteiger charge is -2.24. The van der Waals surface area contributed by atoms with Crippen molar-refractivity contribution in [1.82, 2.24) is 30.4 Å². The van der Waals surface area contributed by atoms with Gasteiger partial charge in [0.25, 0.3) is 0 Å². The van der Waals surface area contributed by atoms with Crippen molar-refractivity contribution in [2.24, 2.45) is 0 Å². The largest absolute Gasteiger partial charge is 0.353 e. The Morgan fingerprint density at radius 3 is 2.92 bits per heavy atom. The van der Waals surface area contributed by atoms with Crippen LogP contribution in [0.1, 0.15) is 31.4 Å². The van der Waals surface area contributed by atoms with Crippen LogP contribution in [0.3, 0.4) is 0 Å². The monoisotopic (exact) mass is 328 g/mol. The summed E-state index contributed by atoms with van der Waals surface area (Å²) < 4.78 is 1.54. The molecule has 0 bridgehead atoms. The summed E-state index contributed by atoms with van der Waals surface area (Å²) in [5, 5.41) is 14.4. The number of amides is 1. The Balaban J connectivity index is 1.65. The Bertz CT molecular complexity index is 630. The second kappa shape index (κ2) is 8.01. The molecule has 3 rings (SSSR count). The van der Waals surface area contributed by atoms with E-state index in [1.54, 1.807) is 0 Å². The van der Waals surface area contributed by atoms with Gasteiger partial charge in [0.15, 0.2) is 0 Å². The van der Waals surface area contributed by atoms with Crippen LogP contribution in [0.5, 0.6) is 0 Å². The third-order valence-corrected chi connectivity index (χ3v) is 4.68. The van der Waals surface area contributed by atoms with Crippen LogP contribution < -0.4 is 5.32 Å². The maximum Gasteiger partial charge on any atom is 0.245 e. The molecule has 0 unspecified atom stereocenters. The van der Waals surface area contributed by atoms with E-state index in [-0.39, 0.29) is 5.91 Å². The van der Waals surface area contributed by atoms with Crippen molar-refractivity contribution in [2.75, 3.05) is 19.6 Å². The van der Waals surface area contributed by atoms with Crippen LogP contribution in [0.2, 0.25) is 0 Å². The van der Waals surface area contributed by atoms with Crippen molar-refractivity contribution >= 4 is 5.91 Å². The number of carbonyl (C=O) groups is 1. The molecule has 1 aliphatic heterocycles. The van der Waals surface area contributed by atoms with Crippen LogP contribution >= 0.6 is 0 Å². The summed E-state index contributed by atoms with van der Waals surface area (Å²) in [5.41, 5.74) is 1.09. The minimum atomic E-state index is -0.432. The van der Waals surface area contributed by atoms with Gasteiger partial charge in [-0.25, -0.2) is 4.68 Å². The van der Waals surface area contributed by atoms with E-state index in [0.717, 1.165) is 25.1 Å². The van der Waals surface area contributed by atoms with Crippen LogP contribution in [-0.2, 0) is 11.2 Å². The molecule has 1 aromatic heterocycles. The standard InChI is InChI=1S/C17H24N6O/c1-2-22-10-6-9-15(22)12-18-17(24)16(23-13-19-20-21-23)11-14-7-4-3-5-8-14/h3-5,7-8,13,15-16H,2,6,9-12H2,1H3,(H,18,24)/t15-,16-/m0/s1. The van der Waals surface area contributed by atoms with Gasteiger partial charge in [0.2, 0.25) is 5.91 Å². The zero-order valence-electron chi connectivity index (χ0n) is 14.0. The molecule has 1 amide bonds. The molecule has 24 heavy (non-hydrogen) atoms. The van der Waals surface area contributed by atoms with E-state index in [1.165, 1.54) is 17.4 Å². The van der Waals surface area contributed by atoms with E-state index in [2.05, 4.69) is 32.7 Å². The first-order valence-corrected chi connectivity index (χ1v) is 8.56. The molecular weight excluding hydrogens is 304 g/mol. The van der Waals surface area contributed by atoms with Gasteiger partial charge in [0, 0.05) is 19.0 Å². The van der Waals surface area contributed by atoms with Crippen molar-refractivity contribution in [1.29, 1.82) is 0 Å². The molecule has 0 aliphatic carbocycles. The normalized spacial score (nSPS) is 19.3. The van der Waals surface area contributed by atoms with Crippen LogP contribution in [0, 0.1) is 0 Å². The van der Waals surface area contributed by atoms with Crippen LogP contribution in [0.25, 0.3) is 0 Å². The molecule has 1 fully saturated rings. The smallest absolute Gasteiger partial charge is 0.245 e.